The molecular formula is C21H19Cl2N5O7S. The first-order valence-electron chi connectivity index (χ1n) is 9.90. The number of carboxylic acid groups (broad SMARTS) is 2. The zero-order chi connectivity index (χ0) is 27.2. The number of rotatable bonds is 6. The third-order valence-electron chi connectivity index (χ3n) is 4.80. The van der Waals surface area contributed by atoms with Crippen LogP contribution >= 0.6 is 23.2 Å². The fourth-order valence-electron chi connectivity index (χ4n) is 3.10. The van der Waals surface area contributed by atoms with E-state index in [4.69, 9.17) is 28.9 Å². The van der Waals surface area contributed by atoms with E-state index in [-0.39, 0.29) is 44.1 Å². The Kier molecular flexibility index (Phi) is 7.15. The van der Waals surface area contributed by atoms with Crippen LogP contribution in [0.1, 0.15) is 47.2 Å². The standard InChI is InChI=1S/C21H19Cl2N5O7S/c1-21(2,3)17-16(26-25-14-7-13(23)15(8-12(14)22)36(33,34)35)18(24)28(27-17)11-5-9(19(29)30)4-10(6-11)20(31)32/h4-8H,24H2,1-3H3,(H,29,30)(H,31,32)(H,33,34,35)/b26-25+. The summed E-state index contributed by atoms with van der Waals surface area (Å²) in [4.78, 5) is 22.4. The maximum Gasteiger partial charge on any atom is 0.335 e. The molecule has 0 aliphatic carbocycles. The van der Waals surface area contributed by atoms with E-state index in [0.29, 0.717) is 5.69 Å². The van der Waals surface area contributed by atoms with E-state index in [0.717, 1.165) is 22.9 Å². The summed E-state index contributed by atoms with van der Waals surface area (Å²) in [6.07, 6.45) is 0. The molecule has 3 aromatic rings. The van der Waals surface area contributed by atoms with Gasteiger partial charge < -0.3 is 15.9 Å². The van der Waals surface area contributed by atoms with Crippen molar-refractivity contribution in [3.63, 3.8) is 0 Å². The van der Waals surface area contributed by atoms with Crippen molar-refractivity contribution in [2.45, 2.75) is 31.1 Å². The summed E-state index contributed by atoms with van der Waals surface area (Å²) in [7, 11) is -4.62. The molecule has 1 aromatic heterocycles. The summed E-state index contributed by atoms with van der Waals surface area (Å²) < 4.78 is 33.2. The highest BCUT2D eigenvalue weighted by molar-refractivity contribution is 7.86. The van der Waals surface area contributed by atoms with Crippen LogP contribution < -0.4 is 5.73 Å². The molecule has 15 heteroatoms. The average molecular weight is 556 g/mol. The molecular weight excluding hydrogens is 537 g/mol. The van der Waals surface area contributed by atoms with E-state index in [2.05, 4.69) is 15.3 Å². The largest absolute Gasteiger partial charge is 0.478 e. The first kappa shape index (κ1) is 27.1. The predicted molar refractivity (Wildman–Crippen MR) is 131 cm³/mol. The van der Waals surface area contributed by atoms with Crippen molar-refractivity contribution < 1.29 is 32.8 Å². The van der Waals surface area contributed by atoms with Crippen molar-refractivity contribution in [3.8, 4) is 5.69 Å². The average Bonchev–Trinajstić information content (AvgIpc) is 3.09. The molecule has 0 unspecified atom stereocenters. The Morgan fingerprint density at radius 3 is 2.00 bits per heavy atom. The van der Waals surface area contributed by atoms with E-state index in [1.165, 1.54) is 12.1 Å². The molecule has 5 N–H and O–H groups in total. The third-order valence-corrected chi connectivity index (χ3v) is 6.42. The van der Waals surface area contributed by atoms with Crippen LogP contribution in [0.25, 0.3) is 5.69 Å². The first-order chi connectivity index (χ1) is 16.5. The van der Waals surface area contributed by atoms with E-state index < -0.39 is 32.4 Å². The lowest BCUT2D eigenvalue weighted by atomic mass is 9.91. The maximum atomic E-state index is 11.5. The minimum atomic E-state index is -4.62. The Morgan fingerprint density at radius 2 is 1.53 bits per heavy atom. The molecule has 190 valence electrons. The fourth-order valence-corrected chi connectivity index (χ4v) is 4.39. The van der Waals surface area contributed by atoms with Gasteiger partial charge >= 0.3 is 11.9 Å². The smallest absolute Gasteiger partial charge is 0.335 e. The van der Waals surface area contributed by atoms with Crippen LogP contribution in [0.15, 0.2) is 45.5 Å². The van der Waals surface area contributed by atoms with Gasteiger partial charge in [-0.25, -0.2) is 14.3 Å². The lowest BCUT2D eigenvalue weighted by molar-refractivity contribution is 0.0696. The molecule has 3 rings (SSSR count). The normalized spacial score (nSPS) is 12.3. The van der Waals surface area contributed by atoms with Crippen LogP contribution in [0, 0.1) is 0 Å². The molecule has 0 saturated heterocycles. The van der Waals surface area contributed by atoms with Crippen molar-refractivity contribution in [1.82, 2.24) is 9.78 Å². The number of carbonyl (C=O) groups is 2. The summed E-state index contributed by atoms with van der Waals surface area (Å²) in [5.41, 5.74) is 5.48. The fraction of sp³-hybridized carbons (Fsp3) is 0.190. The van der Waals surface area contributed by atoms with Gasteiger partial charge in [-0.15, -0.1) is 10.2 Å². The van der Waals surface area contributed by atoms with Gasteiger partial charge in [-0.1, -0.05) is 44.0 Å². The summed E-state index contributed by atoms with van der Waals surface area (Å²) in [5, 5.41) is 30.8. The van der Waals surface area contributed by atoms with Gasteiger partial charge in [0.15, 0.2) is 11.5 Å². The zero-order valence-corrected chi connectivity index (χ0v) is 21.2. The monoisotopic (exact) mass is 555 g/mol. The Hall–Kier alpha value is -3.52. The summed E-state index contributed by atoms with van der Waals surface area (Å²) >= 11 is 12.0. The van der Waals surface area contributed by atoms with Gasteiger partial charge in [0.25, 0.3) is 10.1 Å². The van der Waals surface area contributed by atoms with Gasteiger partial charge in [-0.3, -0.25) is 4.55 Å². The second-order valence-corrected chi connectivity index (χ2v) is 10.7. The summed E-state index contributed by atoms with van der Waals surface area (Å²) in [6.45, 7) is 5.41. The van der Waals surface area contributed by atoms with E-state index in [9.17, 15) is 32.8 Å². The van der Waals surface area contributed by atoms with E-state index >= 15 is 0 Å². The summed E-state index contributed by atoms with van der Waals surface area (Å²) in [5.74, 6) is -2.78. The number of azo groups is 1. The van der Waals surface area contributed by atoms with E-state index in [1.54, 1.807) is 20.8 Å². The van der Waals surface area contributed by atoms with Crippen LogP contribution in [0.5, 0.6) is 0 Å². The highest BCUT2D eigenvalue weighted by Crippen LogP contribution is 2.40. The number of nitrogens with two attached hydrogens (primary N) is 1. The van der Waals surface area contributed by atoms with Crippen LogP contribution in [-0.2, 0) is 15.5 Å². The lowest BCUT2D eigenvalue weighted by Crippen LogP contribution is -2.13. The SMILES string of the molecule is CC(C)(C)c1nn(-c2cc(C(=O)O)cc(C(=O)O)c2)c(N)c1/N=N/c1cc(Cl)c(S(=O)(=O)O)cc1Cl. The van der Waals surface area contributed by atoms with E-state index in [1.807, 2.05) is 0 Å². The summed E-state index contributed by atoms with van der Waals surface area (Å²) in [6, 6.07) is 5.41. The number of aromatic carboxylic acids is 2. The third kappa shape index (κ3) is 5.49. The zero-order valence-electron chi connectivity index (χ0n) is 18.9. The van der Waals surface area contributed by atoms with Crippen molar-refractivity contribution in [3.05, 3.63) is 57.2 Å². The molecule has 36 heavy (non-hydrogen) atoms. The highest BCUT2D eigenvalue weighted by atomic mass is 35.5. The topological polar surface area (TPSA) is 198 Å². The molecule has 0 aliphatic heterocycles. The molecule has 12 nitrogen and oxygen atoms in total. The number of aromatic nitrogens is 2. The number of hydrogen-bond donors (Lipinski definition) is 4. The number of carboxylic acids is 2. The molecule has 1 heterocycles. The molecule has 0 saturated carbocycles. The van der Waals surface area contributed by atoms with Gasteiger partial charge in [0, 0.05) is 5.41 Å². The first-order valence-corrected chi connectivity index (χ1v) is 12.1. The number of anilines is 1. The van der Waals surface area contributed by atoms with Gasteiger partial charge in [-0.05, 0) is 30.3 Å². The van der Waals surface area contributed by atoms with Crippen LogP contribution in [0.4, 0.5) is 17.2 Å². The molecule has 0 bridgehead atoms. The van der Waals surface area contributed by atoms with Crippen LogP contribution in [0.3, 0.4) is 0 Å². The van der Waals surface area contributed by atoms with Crippen molar-refractivity contribution >= 4 is 62.5 Å². The van der Waals surface area contributed by atoms with Gasteiger partial charge in [-0.2, -0.15) is 13.5 Å². The minimum absolute atomic E-state index is 0.0397. The Labute approximate surface area is 214 Å². The van der Waals surface area contributed by atoms with Crippen LogP contribution in [-0.4, -0.2) is 44.9 Å². The molecule has 0 radical (unpaired) electrons. The van der Waals surface area contributed by atoms with Crippen molar-refractivity contribution in [2.75, 3.05) is 5.73 Å². The number of hydrogen-bond acceptors (Lipinski definition) is 8. The quantitative estimate of drug-likeness (QED) is 0.235. The molecule has 0 amide bonds. The molecule has 0 fully saturated rings. The van der Waals surface area contributed by atoms with Gasteiger partial charge in [0.2, 0.25) is 0 Å². The molecule has 0 spiro atoms. The Bertz CT molecular complexity index is 1510. The van der Waals surface area contributed by atoms with Crippen LogP contribution in [0.2, 0.25) is 10.0 Å². The van der Waals surface area contributed by atoms with Gasteiger partial charge in [0.1, 0.15) is 10.6 Å². The molecule has 0 atom stereocenters. The van der Waals surface area contributed by atoms with Crippen molar-refractivity contribution in [2.24, 2.45) is 10.2 Å². The maximum absolute atomic E-state index is 11.5. The Balaban J connectivity index is 2.21. The number of halogens is 2. The lowest BCUT2D eigenvalue weighted by Gasteiger charge is -2.15. The number of nitrogens with zero attached hydrogens (tertiary/aromatic N) is 4. The van der Waals surface area contributed by atoms with Gasteiger partial charge in [0.05, 0.1) is 32.6 Å². The predicted octanol–water partition coefficient (Wildman–Crippen LogP) is 5.12. The number of nitrogen functional groups attached to an aromatic ring is 1. The van der Waals surface area contributed by atoms with Crippen molar-refractivity contribution in [1.29, 1.82) is 0 Å². The second-order valence-electron chi connectivity index (χ2n) is 8.53. The second kappa shape index (κ2) is 9.50. The highest BCUT2D eigenvalue weighted by Gasteiger charge is 2.28. The Morgan fingerprint density at radius 1 is 0.972 bits per heavy atom. The molecule has 0 aliphatic rings. The minimum Gasteiger partial charge on any atom is -0.478 e. The molecule has 2 aromatic carbocycles. The number of benzene rings is 2.